The van der Waals surface area contributed by atoms with Gasteiger partial charge >= 0.3 is 5.97 Å². The molecular weight excluding hydrogens is 328 g/mol. The molecule has 20 heavy (non-hydrogen) atoms. The number of halogens is 1. The molecule has 0 spiro atoms. The molecule has 2 amide bonds. The van der Waals surface area contributed by atoms with Gasteiger partial charge in [-0.15, -0.1) is 0 Å². The van der Waals surface area contributed by atoms with E-state index in [9.17, 15) is 14.4 Å². The van der Waals surface area contributed by atoms with Gasteiger partial charge in [-0.1, -0.05) is 15.9 Å². The second-order valence-electron chi connectivity index (χ2n) is 4.52. The van der Waals surface area contributed by atoms with Gasteiger partial charge < -0.3 is 15.7 Å². The molecule has 1 heterocycles. The Balaban J connectivity index is 2.11. The summed E-state index contributed by atoms with van der Waals surface area (Å²) in [7, 11) is 0. The Kier molecular flexibility index (Phi) is 4.39. The number of anilines is 1. The zero-order chi connectivity index (χ0) is 14.7. The topological polar surface area (TPSA) is 95.5 Å². The van der Waals surface area contributed by atoms with E-state index in [1.807, 2.05) is 0 Å². The van der Waals surface area contributed by atoms with E-state index in [2.05, 4.69) is 26.6 Å². The van der Waals surface area contributed by atoms with Crippen molar-refractivity contribution in [3.63, 3.8) is 0 Å². The lowest BCUT2D eigenvalue weighted by atomic mass is 9.98. The molecule has 0 aliphatic carbocycles. The highest BCUT2D eigenvalue weighted by Crippen LogP contribution is 2.22. The van der Waals surface area contributed by atoms with E-state index in [0.717, 1.165) is 0 Å². The molecule has 0 saturated carbocycles. The highest BCUT2D eigenvalue weighted by atomic mass is 79.9. The van der Waals surface area contributed by atoms with Crippen LogP contribution in [0.4, 0.5) is 5.69 Å². The molecule has 2 rings (SSSR count). The molecule has 7 heteroatoms. The van der Waals surface area contributed by atoms with Crippen LogP contribution in [0.2, 0.25) is 0 Å². The van der Waals surface area contributed by atoms with Crippen LogP contribution in [0.5, 0.6) is 0 Å². The Morgan fingerprint density at radius 2 is 2.15 bits per heavy atom. The van der Waals surface area contributed by atoms with Crippen molar-refractivity contribution in [3.8, 4) is 0 Å². The molecule has 6 nitrogen and oxygen atoms in total. The summed E-state index contributed by atoms with van der Waals surface area (Å²) in [6, 6.07) is 4.62. The van der Waals surface area contributed by atoms with Crippen molar-refractivity contribution >= 4 is 39.4 Å². The number of piperidine rings is 1. The average molecular weight is 341 g/mol. The predicted octanol–water partition coefficient (Wildman–Crippen LogP) is 1.61. The maximum atomic E-state index is 12.1. The molecule has 1 aliphatic rings. The number of carbonyl (C=O) groups is 3. The standard InChI is InChI=1S/C13H13BrN2O4/c14-8-2-3-10(9(5-8)13(19)20)16-12(18)7-1-4-11(17)15-6-7/h2-3,5,7H,1,4,6H2,(H,15,17)(H,16,18)(H,19,20). The number of hydrogen-bond donors (Lipinski definition) is 3. The number of carboxylic acid groups (broad SMARTS) is 1. The van der Waals surface area contributed by atoms with Crippen molar-refractivity contribution in [3.05, 3.63) is 28.2 Å². The van der Waals surface area contributed by atoms with Crippen molar-refractivity contribution in [1.29, 1.82) is 0 Å². The fourth-order valence-electron chi connectivity index (χ4n) is 1.99. The van der Waals surface area contributed by atoms with Crippen LogP contribution in [0.25, 0.3) is 0 Å². The molecule has 1 fully saturated rings. The summed E-state index contributed by atoms with van der Waals surface area (Å²) >= 11 is 3.19. The highest BCUT2D eigenvalue weighted by Gasteiger charge is 2.25. The van der Waals surface area contributed by atoms with Crippen LogP contribution in [0, 0.1) is 5.92 Å². The van der Waals surface area contributed by atoms with Gasteiger partial charge in [-0.05, 0) is 24.6 Å². The van der Waals surface area contributed by atoms with Gasteiger partial charge in [0.2, 0.25) is 11.8 Å². The van der Waals surface area contributed by atoms with Crippen molar-refractivity contribution in [2.45, 2.75) is 12.8 Å². The zero-order valence-electron chi connectivity index (χ0n) is 10.5. The van der Waals surface area contributed by atoms with E-state index in [1.165, 1.54) is 12.1 Å². The highest BCUT2D eigenvalue weighted by molar-refractivity contribution is 9.10. The van der Waals surface area contributed by atoms with Gasteiger partial charge in [0.1, 0.15) is 0 Å². The molecule has 106 valence electrons. The van der Waals surface area contributed by atoms with Crippen molar-refractivity contribution < 1.29 is 19.5 Å². The van der Waals surface area contributed by atoms with Gasteiger partial charge in [-0.3, -0.25) is 9.59 Å². The number of hydrogen-bond acceptors (Lipinski definition) is 3. The lowest BCUT2D eigenvalue weighted by Crippen LogP contribution is -2.40. The summed E-state index contributed by atoms with van der Waals surface area (Å²) < 4.78 is 0.623. The molecule has 3 N–H and O–H groups in total. The van der Waals surface area contributed by atoms with Crippen molar-refractivity contribution in [2.75, 3.05) is 11.9 Å². The van der Waals surface area contributed by atoms with Gasteiger partial charge in [0.25, 0.3) is 0 Å². The molecular formula is C13H13BrN2O4. The smallest absolute Gasteiger partial charge is 0.337 e. The first kappa shape index (κ1) is 14.5. The molecule has 1 atom stereocenters. The lowest BCUT2D eigenvalue weighted by Gasteiger charge is -2.22. The first-order chi connectivity index (χ1) is 9.47. The van der Waals surface area contributed by atoms with Crippen LogP contribution < -0.4 is 10.6 Å². The molecule has 1 saturated heterocycles. The second-order valence-corrected chi connectivity index (χ2v) is 5.44. The normalized spacial score (nSPS) is 18.2. The molecule has 0 aromatic heterocycles. The molecule has 1 aromatic carbocycles. The summed E-state index contributed by atoms with van der Waals surface area (Å²) in [5.41, 5.74) is 0.273. The van der Waals surface area contributed by atoms with Gasteiger partial charge in [-0.2, -0.15) is 0 Å². The molecule has 1 aliphatic heterocycles. The van der Waals surface area contributed by atoms with Crippen LogP contribution in [-0.4, -0.2) is 29.4 Å². The largest absolute Gasteiger partial charge is 0.478 e. The van der Waals surface area contributed by atoms with E-state index in [-0.39, 0.29) is 35.5 Å². The van der Waals surface area contributed by atoms with Crippen LogP contribution in [0.3, 0.4) is 0 Å². The third-order valence-electron chi connectivity index (χ3n) is 3.11. The van der Waals surface area contributed by atoms with Crippen LogP contribution in [0.15, 0.2) is 22.7 Å². The third kappa shape index (κ3) is 3.36. The van der Waals surface area contributed by atoms with Crippen LogP contribution in [0.1, 0.15) is 23.2 Å². The third-order valence-corrected chi connectivity index (χ3v) is 3.60. The Labute approximate surface area is 123 Å². The summed E-state index contributed by atoms with van der Waals surface area (Å²) in [4.78, 5) is 34.3. The molecule has 0 radical (unpaired) electrons. The minimum atomic E-state index is -1.11. The lowest BCUT2D eigenvalue weighted by molar-refractivity contribution is -0.126. The van der Waals surface area contributed by atoms with Crippen molar-refractivity contribution in [1.82, 2.24) is 5.32 Å². The minimum Gasteiger partial charge on any atom is -0.478 e. The van der Waals surface area contributed by atoms with E-state index < -0.39 is 5.97 Å². The summed E-state index contributed by atoms with van der Waals surface area (Å²) in [5, 5.41) is 14.4. The fourth-order valence-corrected chi connectivity index (χ4v) is 2.35. The maximum absolute atomic E-state index is 12.1. The van der Waals surface area contributed by atoms with Gasteiger partial charge in [0, 0.05) is 17.4 Å². The maximum Gasteiger partial charge on any atom is 0.337 e. The Hall–Kier alpha value is -1.89. The fraction of sp³-hybridized carbons (Fsp3) is 0.308. The summed E-state index contributed by atoms with van der Waals surface area (Å²) in [6.07, 6.45) is 0.779. The first-order valence-corrected chi connectivity index (χ1v) is 6.87. The second kappa shape index (κ2) is 6.04. The number of carboxylic acids is 1. The van der Waals surface area contributed by atoms with Gasteiger partial charge in [0.05, 0.1) is 17.2 Å². The van der Waals surface area contributed by atoms with E-state index in [1.54, 1.807) is 6.07 Å². The van der Waals surface area contributed by atoms with E-state index in [4.69, 9.17) is 5.11 Å². The zero-order valence-corrected chi connectivity index (χ0v) is 12.1. The van der Waals surface area contributed by atoms with Gasteiger partial charge in [-0.25, -0.2) is 4.79 Å². The number of nitrogens with one attached hydrogen (secondary N) is 2. The SMILES string of the molecule is O=C1CCC(C(=O)Nc2ccc(Br)cc2C(=O)O)CN1. The minimum absolute atomic E-state index is 0.0209. The number of amides is 2. The van der Waals surface area contributed by atoms with Gasteiger partial charge in [0.15, 0.2) is 0 Å². The van der Waals surface area contributed by atoms with Crippen LogP contribution >= 0.6 is 15.9 Å². The molecule has 1 aromatic rings. The Morgan fingerprint density at radius 1 is 1.40 bits per heavy atom. The summed E-state index contributed by atoms with van der Waals surface area (Å²) in [6.45, 7) is 0.281. The van der Waals surface area contributed by atoms with E-state index in [0.29, 0.717) is 17.3 Å². The monoisotopic (exact) mass is 340 g/mol. The van der Waals surface area contributed by atoms with Crippen LogP contribution in [-0.2, 0) is 9.59 Å². The number of rotatable bonds is 3. The predicted molar refractivity (Wildman–Crippen MR) is 75.5 cm³/mol. The van der Waals surface area contributed by atoms with Crippen molar-refractivity contribution in [2.24, 2.45) is 5.92 Å². The average Bonchev–Trinajstić information content (AvgIpc) is 2.41. The first-order valence-electron chi connectivity index (χ1n) is 6.08. The number of aromatic carboxylic acids is 1. The quantitative estimate of drug-likeness (QED) is 0.778. The van der Waals surface area contributed by atoms with E-state index >= 15 is 0 Å². The molecule has 0 bridgehead atoms. The number of carbonyl (C=O) groups excluding carboxylic acids is 2. The Morgan fingerprint density at radius 3 is 2.75 bits per heavy atom. The summed E-state index contributed by atoms with van der Waals surface area (Å²) in [5.74, 6) is -1.80. The molecule has 1 unspecified atom stereocenters. The number of benzene rings is 1. The Bertz CT molecular complexity index is 563.